The first kappa shape index (κ1) is 14.1. The van der Waals surface area contributed by atoms with Gasteiger partial charge in [0.2, 0.25) is 0 Å². The highest BCUT2D eigenvalue weighted by atomic mass is 16.5. The predicted octanol–water partition coefficient (Wildman–Crippen LogP) is 2.02. The van der Waals surface area contributed by atoms with Gasteiger partial charge < -0.3 is 10.5 Å². The monoisotopic (exact) mass is 237 g/mol. The molecule has 2 unspecified atom stereocenters. The molecule has 4 heteroatoms. The Bertz CT molecular complexity index is 355. The Kier molecular flexibility index (Phi) is 5.51. The molecule has 2 N–H and O–H groups in total. The number of rotatable bonds is 6. The fourth-order valence-corrected chi connectivity index (χ4v) is 1.89. The van der Waals surface area contributed by atoms with E-state index in [1.807, 2.05) is 6.92 Å². The first-order valence-corrected chi connectivity index (χ1v) is 6.17. The zero-order valence-electron chi connectivity index (χ0n) is 11.2. The smallest absolute Gasteiger partial charge is 0.0676 e. The average molecular weight is 237 g/mol. The molecule has 0 aromatic carbocycles. The lowest BCUT2D eigenvalue weighted by atomic mass is 9.91. The minimum atomic E-state index is 0.00861. The van der Waals surface area contributed by atoms with Gasteiger partial charge in [0.05, 0.1) is 11.4 Å². The van der Waals surface area contributed by atoms with Crippen LogP contribution in [0.15, 0.2) is 6.07 Å². The molecule has 17 heavy (non-hydrogen) atoms. The molecule has 0 saturated carbocycles. The van der Waals surface area contributed by atoms with Crippen LogP contribution >= 0.6 is 0 Å². The maximum absolute atomic E-state index is 6.30. The second-order valence-corrected chi connectivity index (χ2v) is 4.53. The highest BCUT2D eigenvalue weighted by Gasteiger charge is 2.18. The van der Waals surface area contributed by atoms with Crippen molar-refractivity contribution in [2.24, 2.45) is 11.7 Å². The molecule has 0 saturated heterocycles. The third-order valence-corrected chi connectivity index (χ3v) is 3.11. The number of aryl methyl sites for hydroxylation is 2. The van der Waals surface area contributed by atoms with Crippen molar-refractivity contribution in [1.29, 1.82) is 0 Å². The average Bonchev–Trinajstić information content (AvgIpc) is 2.34. The Balaban J connectivity index is 2.86. The summed E-state index contributed by atoms with van der Waals surface area (Å²) in [4.78, 5) is 0. The number of methoxy groups -OCH3 is 1. The van der Waals surface area contributed by atoms with Crippen LogP contribution in [0.5, 0.6) is 0 Å². The fraction of sp³-hybridized carbons (Fsp3) is 0.692. The van der Waals surface area contributed by atoms with E-state index in [9.17, 15) is 0 Å². The third-order valence-electron chi connectivity index (χ3n) is 3.11. The van der Waals surface area contributed by atoms with E-state index in [2.05, 4.69) is 30.1 Å². The van der Waals surface area contributed by atoms with Crippen molar-refractivity contribution in [2.75, 3.05) is 13.7 Å². The highest BCUT2D eigenvalue weighted by molar-refractivity contribution is 5.25. The molecule has 2 atom stereocenters. The lowest BCUT2D eigenvalue weighted by Gasteiger charge is -2.21. The number of aromatic nitrogens is 2. The van der Waals surface area contributed by atoms with E-state index in [4.69, 9.17) is 10.5 Å². The van der Waals surface area contributed by atoms with E-state index >= 15 is 0 Å². The maximum Gasteiger partial charge on any atom is 0.0676 e. The Hall–Kier alpha value is -1.00. The molecule has 0 bridgehead atoms. The molecule has 1 aromatic rings. The molecule has 0 aliphatic rings. The zero-order valence-corrected chi connectivity index (χ0v) is 11.2. The summed E-state index contributed by atoms with van der Waals surface area (Å²) in [5.74, 6) is 0.379. The molecule has 0 radical (unpaired) electrons. The van der Waals surface area contributed by atoms with Gasteiger partial charge in [-0.15, -0.1) is 0 Å². The molecule has 0 amide bonds. The van der Waals surface area contributed by atoms with Gasteiger partial charge in [-0.1, -0.05) is 13.8 Å². The summed E-state index contributed by atoms with van der Waals surface area (Å²) in [6.45, 7) is 6.92. The van der Waals surface area contributed by atoms with E-state index < -0.39 is 0 Å². The second kappa shape index (κ2) is 6.67. The van der Waals surface area contributed by atoms with Crippen molar-refractivity contribution < 1.29 is 4.74 Å². The largest absolute Gasteiger partial charge is 0.385 e. The molecular weight excluding hydrogens is 214 g/mol. The van der Waals surface area contributed by atoms with Gasteiger partial charge in [0.15, 0.2) is 0 Å². The van der Waals surface area contributed by atoms with Crippen molar-refractivity contribution in [3.8, 4) is 0 Å². The van der Waals surface area contributed by atoms with Crippen LogP contribution in [-0.4, -0.2) is 23.9 Å². The summed E-state index contributed by atoms with van der Waals surface area (Å²) in [7, 11) is 1.72. The zero-order chi connectivity index (χ0) is 12.8. The highest BCUT2D eigenvalue weighted by Crippen LogP contribution is 2.24. The number of ether oxygens (including phenoxy) is 1. The van der Waals surface area contributed by atoms with Crippen LogP contribution in [-0.2, 0) is 11.2 Å². The minimum Gasteiger partial charge on any atom is -0.385 e. The molecule has 4 nitrogen and oxygen atoms in total. The molecule has 1 aromatic heterocycles. The Morgan fingerprint density at radius 1 is 1.41 bits per heavy atom. The fourth-order valence-electron chi connectivity index (χ4n) is 1.89. The molecular formula is C13H23N3O. The van der Waals surface area contributed by atoms with Gasteiger partial charge in [-0.2, -0.15) is 10.2 Å². The van der Waals surface area contributed by atoms with Crippen molar-refractivity contribution >= 4 is 0 Å². The van der Waals surface area contributed by atoms with Crippen molar-refractivity contribution in [3.05, 3.63) is 23.0 Å². The summed E-state index contributed by atoms with van der Waals surface area (Å²) < 4.78 is 5.10. The minimum absolute atomic E-state index is 0.00861. The maximum atomic E-state index is 6.30. The van der Waals surface area contributed by atoms with E-state index in [1.165, 1.54) is 0 Å². The molecule has 0 spiro atoms. The van der Waals surface area contributed by atoms with Gasteiger partial charge in [0, 0.05) is 19.8 Å². The SMILES string of the molecule is CCc1nnc(C)cc1C(N)C(C)CCOC. The van der Waals surface area contributed by atoms with Gasteiger partial charge in [0.1, 0.15) is 0 Å². The Morgan fingerprint density at radius 2 is 2.12 bits per heavy atom. The van der Waals surface area contributed by atoms with E-state index in [0.29, 0.717) is 5.92 Å². The summed E-state index contributed by atoms with van der Waals surface area (Å²) >= 11 is 0. The van der Waals surface area contributed by atoms with Gasteiger partial charge in [0.25, 0.3) is 0 Å². The number of nitrogens with zero attached hydrogens (tertiary/aromatic N) is 2. The number of nitrogens with two attached hydrogens (primary N) is 1. The predicted molar refractivity (Wildman–Crippen MR) is 68.7 cm³/mol. The normalized spacial score (nSPS) is 14.6. The van der Waals surface area contributed by atoms with Crippen LogP contribution in [0.2, 0.25) is 0 Å². The van der Waals surface area contributed by atoms with E-state index in [0.717, 1.165) is 36.4 Å². The molecule has 0 aliphatic carbocycles. The van der Waals surface area contributed by atoms with Crippen LogP contribution < -0.4 is 5.73 Å². The van der Waals surface area contributed by atoms with Crippen molar-refractivity contribution in [1.82, 2.24) is 10.2 Å². The molecule has 1 heterocycles. The lowest BCUT2D eigenvalue weighted by Crippen LogP contribution is -2.22. The molecule has 0 aliphatic heterocycles. The standard InChI is InChI=1S/C13H23N3O/c1-5-12-11(8-10(3)15-16-12)13(14)9(2)6-7-17-4/h8-9,13H,5-7,14H2,1-4H3. The van der Waals surface area contributed by atoms with Crippen LogP contribution in [0.1, 0.15) is 43.3 Å². The van der Waals surface area contributed by atoms with Crippen LogP contribution in [0, 0.1) is 12.8 Å². The summed E-state index contributed by atoms with van der Waals surface area (Å²) in [6.07, 6.45) is 1.83. The van der Waals surface area contributed by atoms with Crippen LogP contribution in [0.4, 0.5) is 0 Å². The Labute approximate surface area is 104 Å². The van der Waals surface area contributed by atoms with Crippen LogP contribution in [0.3, 0.4) is 0 Å². The lowest BCUT2D eigenvalue weighted by molar-refractivity contribution is 0.174. The van der Waals surface area contributed by atoms with Crippen LogP contribution in [0.25, 0.3) is 0 Å². The van der Waals surface area contributed by atoms with E-state index in [1.54, 1.807) is 7.11 Å². The first-order chi connectivity index (χ1) is 8.10. The van der Waals surface area contributed by atoms with Gasteiger partial charge in [-0.05, 0) is 37.3 Å². The summed E-state index contributed by atoms with van der Waals surface area (Å²) in [6, 6.07) is 2.06. The second-order valence-electron chi connectivity index (χ2n) is 4.53. The molecule has 96 valence electrons. The summed E-state index contributed by atoms with van der Waals surface area (Å²) in [5.41, 5.74) is 9.36. The van der Waals surface area contributed by atoms with Crippen molar-refractivity contribution in [2.45, 2.75) is 39.7 Å². The third kappa shape index (κ3) is 3.75. The first-order valence-electron chi connectivity index (χ1n) is 6.17. The van der Waals surface area contributed by atoms with Gasteiger partial charge in [-0.3, -0.25) is 0 Å². The number of hydrogen-bond acceptors (Lipinski definition) is 4. The van der Waals surface area contributed by atoms with Gasteiger partial charge >= 0.3 is 0 Å². The quantitative estimate of drug-likeness (QED) is 0.822. The molecule has 0 fully saturated rings. The summed E-state index contributed by atoms with van der Waals surface area (Å²) in [5, 5.41) is 8.30. The molecule has 1 rings (SSSR count). The van der Waals surface area contributed by atoms with Gasteiger partial charge in [-0.25, -0.2) is 0 Å². The van der Waals surface area contributed by atoms with Crippen molar-refractivity contribution in [3.63, 3.8) is 0 Å². The Morgan fingerprint density at radius 3 is 2.71 bits per heavy atom. The number of hydrogen-bond donors (Lipinski definition) is 1. The topological polar surface area (TPSA) is 61.0 Å². The van der Waals surface area contributed by atoms with E-state index in [-0.39, 0.29) is 6.04 Å².